The number of sulfonamides is 1. The molecule has 6 nitrogen and oxygen atoms in total. The van der Waals surface area contributed by atoms with Crippen molar-refractivity contribution in [1.29, 1.82) is 0 Å². The van der Waals surface area contributed by atoms with Gasteiger partial charge in [-0.1, -0.05) is 0 Å². The summed E-state index contributed by atoms with van der Waals surface area (Å²) >= 11 is 0. The van der Waals surface area contributed by atoms with Crippen LogP contribution in [0.15, 0.2) is 0 Å². The highest BCUT2D eigenvalue weighted by Crippen LogP contribution is 2.07. The third kappa shape index (κ3) is 5.35. The first-order chi connectivity index (χ1) is 9.05. The molecule has 19 heavy (non-hydrogen) atoms. The summed E-state index contributed by atoms with van der Waals surface area (Å²) in [6.07, 6.45) is 2.03. The zero-order chi connectivity index (χ0) is 13.7. The standard InChI is InChI=1S/C12H25N3O3S/c1-11(9-15-5-7-18-8-6-15)14-19(16,17)10-12-3-2-4-13-12/h11-14H,2-10H2,1H3. The fourth-order valence-corrected chi connectivity index (χ4v) is 4.32. The van der Waals surface area contributed by atoms with E-state index in [9.17, 15) is 8.42 Å². The van der Waals surface area contributed by atoms with E-state index in [-0.39, 0.29) is 17.8 Å². The summed E-state index contributed by atoms with van der Waals surface area (Å²) in [4.78, 5) is 2.24. The predicted molar refractivity (Wildman–Crippen MR) is 74.7 cm³/mol. The maximum Gasteiger partial charge on any atom is 0.213 e. The summed E-state index contributed by atoms with van der Waals surface area (Å²) in [6.45, 7) is 6.86. The highest BCUT2D eigenvalue weighted by Gasteiger charge is 2.24. The van der Waals surface area contributed by atoms with E-state index in [4.69, 9.17) is 4.74 Å². The number of nitrogens with zero attached hydrogens (tertiary/aromatic N) is 1. The molecule has 0 amide bonds. The summed E-state index contributed by atoms with van der Waals surface area (Å²) in [5.41, 5.74) is 0. The van der Waals surface area contributed by atoms with Crippen molar-refractivity contribution in [3.05, 3.63) is 0 Å². The maximum atomic E-state index is 12.0. The van der Waals surface area contributed by atoms with Crippen molar-refractivity contribution >= 4 is 10.0 Å². The molecule has 0 aromatic carbocycles. The van der Waals surface area contributed by atoms with Crippen LogP contribution in [0.5, 0.6) is 0 Å². The van der Waals surface area contributed by atoms with E-state index in [1.165, 1.54) is 0 Å². The van der Waals surface area contributed by atoms with Crippen LogP contribution in [0.2, 0.25) is 0 Å². The summed E-state index contributed by atoms with van der Waals surface area (Å²) in [7, 11) is -3.19. The fourth-order valence-electron chi connectivity index (χ4n) is 2.73. The lowest BCUT2D eigenvalue weighted by molar-refractivity contribution is 0.0354. The van der Waals surface area contributed by atoms with Crippen molar-refractivity contribution in [2.24, 2.45) is 0 Å². The molecular weight excluding hydrogens is 266 g/mol. The largest absolute Gasteiger partial charge is 0.379 e. The second kappa shape index (κ2) is 6.99. The number of hydrogen-bond acceptors (Lipinski definition) is 5. The second-order valence-electron chi connectivity index (χ2n) is 5.51. The molecule has 0 saturated carbocycles. The van der Waals surface area contributed by atoms with Crippen LogP contribution < -0.4 is 10.0 Å². The van der Waals surface area contributed by atoms with Crippen molar-refractivity contribution in [2.45, 2.75) is 31.8 Å². The van der Waals surface area contributed by atoms with Crippen LogP contribution in [0.1, 0.15) is 19.8 Å². The molecule has 7 heteroatoms. The van der Waals surface area contributed by atoms with E-state index in [0.29, 0.717) is 0 Å². The van der Waals surface area contributed by atoms with Gasteiger partial charge in [0.15, 0.2) is 0 Å². The molecule has 2 atom stereocenters. The van der Waals surface area contributed by atoms with E-state index < -0.39 is 10.0 Å². The van der Waals surface area contributed by atoms with Crippen molar-refractivity contribution in [3.63, 3.8) is 0 Å². The Hall–Kier alpha value is -0.210. The molecule has 0 aromatic heterocycles. The summed E-state index contributed by atoms with van der Waals surface area (Å²) in [5, 5.41) is 3.22. The Balaban J connectivity index is 1.74. The molecule has 112 valence electrons. The Morgan fingerprint density at radius 2 is 2.16 bits per heavy atom. The van der Waals surface area contributed by atoms with E-state index >= 15 is 0 Å². The topological polar surface area (TPSA) is 70.7 Å². The molecule has 0 spiro atoms. The number of ether oxygens (including phenoxy) is 1. The normalized spacial score (nSPS) is 27.5. The van der Waals surface area contributed by atoms with E-state index in [2.05, 4.69) is 14.9 Å². The van der Waals surface area contributed by atoms with Gasteiger partial charge in [-0.2, -0.15) is 0 Å². The SMILES string of the molecule is CC(CN1CCOCC1)NS(=O)(=O)CC1CCCN1. The van der Waals surface area contributed by atoms with Crippen molar-refractivity contribution in [1.82, 2.24) is 14.9 Å². The van der Waals surface area contributed by atoms with Crippen LogP contribution in [0.25, 0.3) is 0 Å². The first kappa shape index (κ1) is 15.2. The van der Waals surface area contributed by atoms with Gasteiger partial charge in [-0.3, -0.25) is 4.90 Å². The molecule has 2 heterocycles. The number of hydrogen-bond donors (Lipinski definition) is 2. The zero-order valence-electron chi connectivity index (χ0n) is 11.6. The van der Waals surface area contributed by atoms with Gasteiger partial charge in [0.25, 0.3) is 0 Å². The molecule has 2 unspecified atom stereocenters. The van der Waals surface area contributed by atoms with Gasteiger partial charge in [0.2, 0.25) is 10.0 Å². The molecule has 2 saturated heterocycles. The molecule has 0 aromatic rings. The monoisotopic (exact) mass is 291 g/mol. The molecule has 0 radical (unpaired) electrons. The van der Waals surface area contributed by atoms with Crippen LogP contribution in [0, 0.1) is 0 Å². The van der Waals surface area contributed by atoms with E-state index in [1.54, 1.807) is 0 Å². The lowest BCUT2D eigenvalue weighted by atomic mass is 10.3. The molecule has 2 N–H and O–H groups in total. The molecular formula is C12H25N3O3S. The van der Waals surface area contributed by atoms with Gasteiger partial charge < -0.3 is 10.1 Å². The first-order valence-electron chi connectivity index (χ1n) is 7.09. The Kier molecular flexibility index (Phi) is 5.58. The lowest BCUT2D eigenvalue weighted by Crippen LogP contribution is -2.47. The molecule has 0 bridgehead atoms. The third-order valence-electron chi connectivity index (χ3n) is 3.60. The average Bonchev–Trinajstić information content (AvgIpc) is 2.81. The second-order valence-corrected chi connectivity index (χ2v) is 7.31. The van der Waals surface area contributed by atoms with E-state index in [0.717, 1.165) is 52.2 Å². The summed E-state index contributed by atoms with van der Waals surface area (Å²) in [6, 6.07) is 0.0672. The summed E-state index contributed by atoms with van der Waals surface area (Å²) in [5.74, 6) is 0.195. The molecule has 2 aliphatic heterocycles. The van der Waals surface area contributed by atoms with Crippen LogP contribution in [-0.4, -0.2) is 70.5 Å². The predicted octanol–water partition coefficient (Wildman–Crippen LogP) is -0.621. The minimum absolute atomic E-state index is 0.0514. The Morgan fingerprint density at radius 3 is 2.79 bits per heavy atom. The number of nitrogens with one attached hydrogen (secondary N) is 2. The average molecular weight is 291 g/mol. The van der Waals surface area contributed by atoms with Crippen molar-refractivity contribution in [2.75, 3.05) is 45.1 Å². The fraction of sp³-hybridized carbons (Fsp3) is 1.00. The Bertz CT molecular complexity index is 362. The summed E-state index contributed by atoms with van der Waals surface area (Å²) < 4.78 is 32.2. The molecule has 2 fully saturated rings. The Morgan fingerprint density at radius 1 is 1.42 bits per heavy atom. The van der Waals surface area contributed by atoms with Gasteiger partial charge in [-0.05, 0) is 26.3 Å². The van der Waals surface area contributed by atoms with Crippen LogP contribution in [0.3, 0.4) is 0 Å². The molecule has 2 rings (SSSR count). The van der Waals surface area contributed by atoms with Crippen LogP contribution >= 0.6 is 0 Å². The minimum atomic E-state index is -3.19. The van der Waals surface area contributed by atoms with Crippen LogP contribution in [-0.2, 0) is 14.8 Å². The molecule has 2 aliphatic rings. The maximum absolute atomic E-state index is 12.0. The zero-order valence-corrected chi connectivity index (χ0v) is 12.4. The third-order valence-corrected chi connectivity index (χ3v) is 5.20. The quantitative estimate of drug-likeness (QED) is 0.682. The highest BCUT2D eigenvalue weighted by atomic mass is 32.2. The van der Waals surface area contributed by atoms with Gasteiger partial charge in [-0.25, -0.2) is 13.1 Å². The van der Waals surface area contributed by atoms with Gasteiger partial charge >= 0.3 is 0 Å². The lowest BCUT2D eigenvalue weighted by Gasteiger charge is -2.29. The first-order valence-corrected chi connectivity index (χ1v) is 8.74. The smallest absolute Gasteiger partial charge is 0.213 e. The van der Waals surface area contributed by atoms with Gasteiger partial charge in [0.1, 0.15) is 0 Å². The van der Waals surface area contributed by atoms with Gasteiger partial charge in [0, 0.05) is 31.7 Å². The van der Waals surface area contributed by atoms with Gasteiger partial charge in [0.05, 0.1) is 19.0 Å². The number of rotatable bonds is 6. The number of morpholine rings is 1. The Labute approximate surface area is 115 Å². The highest BCUT2D eigenvalue weighted by molar-refractivity contribution is 7.89. The van der Waals surface area contributed by atoms with Crippen molar-refractivity contribution < 1.29 is 13.2 Å². The van der Waals surface area contributed by atoms with E-state index in [1.807, 2.05) is 6.92 Å². The van der Waals surface area contributed by atoms with Crippen LogP contribution in [0.4, 0.5) is 0 Å². The minimum Gasteiger partial charge on any atom is -0.379 e. The van der Waals surface area contributed by atoms with Crippen molar-refractivity contribution in [3.8, 4) is 0 Å². The molecule has 0 aliphatic carbocycles. The van der Waals surface area contributed by atoms with Gasteiger partial charge in [-0.15, -0.1) is 0 Å².